The van der Waals surface area contributed by atoms with E-state index in [4.69, 9.17) is 11.1 Å². The molecule has 0 bridgehead atoms. The molecule has 1 atom stereocenters. The second kappa shape index (κ2) is 10.5. The number of benzene rings is 2. The first-order valence-corrected chi connectivity index (χ1v) is 12.2. The number of hydrogen-bond acceptors (Lipinski definition) is 5. The SMILES string of the molecule is C[C@](N)(c1ccc(F)cc1)c1cnc(N2CCN(C(=NC=N)c3cc(-c4ccc(F)cc4)c[nH]3)CC2)nc1. The van der Waals surface area contributed by atoms with Crippen molar-refractivity contribution in [2.24, 2.45) is 10.7 Å². The smallest absolute Gasteiger partial charge is 0.225 e. The van der Waals surface area contributed by atoms with Crippen molar-refractivity contribution in [1.29, 1.82) is 5.41 Å². The van der Waals surface area contributed by atoms with Gasteiger partial charge in [0, 0.05) is 50.3 Å². The number of nitrogens with one attached hydrogen (secondary N) is 2. The highest BCUT2D eigenvalue weighted by Crippen LogP contribution is 2.27. The molecule has 4 N–H and O–H groups in total. The minimum atomic E-state index is -0.855. The molecular formula is C28H28F2N8. The molecule has 1 aliphatic rings. The predicted molar refractivity (Wildman–Crippen MR) is 144 cm³/mol. The van der Waals surface area contributed by atoms with Gasteiger partial charge in [0.25, 0.3) is 0 Å². The first kappa shape index (κ1) is 25.2. The lowest BCUT2D eigenvalue weighted by molar-refractivity contribution is 0.383. The number of aromatic amines is 1. The monoisotopic (exact) mass is 514 g/mol. The summed E-state index contributed by atoms with van der Waals surface area (Å²) in [5.74, 6) is 0.681. The maximum atomic E-state index is 13.3. The second-order valence-electron chi connectivity index (χ2n) is 9.35. The third-order valence-corrected chi connectivity index (χ3v) is 6.83. The van der Waals surface area contributed by atoms with E-state index in [1.165, 1.54) is 24.3 Å². The van der Waals surface area contributed by atoms with Crippen molar-refractivity contribution in [2.75, 3.05) is 31.1 Å². The van der Waals surface area contributed by atoms with Crippen molar-refractivity contribution in [3.8, 4) is 11.1 Å². The fourth-order valence-corrected chi connectivity index (χ4v) is 4.55. The Bertz CT molecular complexity index is 1420. The Morgan fingerprint density at radius 2 is 1.55 bits per heavy atom. The number of aromatic nitrogens is 3. The van der Waals surface area contributed by atoms with Crippen molar-refractivity contribution >= 4 is 18.1 Å². The molecule has 38 heavy (non-hydrogen) atoms. The highest BCUT2D eigenvalue weighted by atomic mass is 19.1. The molecule has 4 aromatic rings. The number of amidine groups is 1. The molecule has 0 aliphatic carbocycles. The van der Waals surface area contributed by atoms with Gasteiger partial charge in [-0.15, -0.1) is 0 Å². The van der Waals surface area contributed by atoms with Crippen molar-refractivity contribution in [3.63, 3.8) is 0 Å². The first-order valence-electron chi connectivity index (χ1n) is 12.2. The lowest BCUT2D eigenvalue weighted by Gasteiger charge is -2.36. The normalized spacial score (nSPS) is 15.8. The van der Waals surface area contributed by atoms with Gasteiger partial charge in [0.2, 0.25) is 5.95 Å². The molecule has 3 heterocycles. The molecule has 0 spiro atoms. The number of nitrogens with zero attached hydrogens (tertiary/aromatic N) is 5. The summed E-state index contributed by atoms with van der Waals surface area (Å²) in [6, 6.07) is 14.4. The largest absolute Gasteiger partial charge is 0.358 e. The van der Waals surface area contributed by atoms with Crippen LogP contribution in [-0.2, 0) is 5.54 Å². The van der Waals surface area contributed by atoms with E-state index >= 15 is 0 Å². The standard InChI is InChI=1S/C28H28F2N8/c1-28(32,21-4-8-24(30)9-5-21)22-16-34-27(35-17-22)38-12-10-37(11-13-38)26(36-18-31)25-14-20(15-33-25)19-2-6-23(29)7-3-19/h2-9,14-18,31,33H,10-13,32H2,1H3/t28-/m0/s1. The summed E-state index contributed by atoms with van der Waals surface area (Å²) in [5.41, 5.74) is 9.78. The van der Waals surface area contributed by atoms with Crippen LogP contribution in [0.5, 0.6) is 0 Å². The fourth-order valence-electron chi connectivity index (χ4n) is 4.55. The Balaban J connectivity index is 1.26. The van der Waals surface area contributed by atoms with Gasteiger partial charge >= 0.3 is 0 Å². The number of rotatable bonds is 6. The number of hydrogen-bond donors (Lipinski definition) is 3. The van der Waals surface area contributed by atoms with Crippen LogP contribution < -0.4 is 10.6 Å². The van der Waals surface area contributed by atoms with Crippen molar-refractivity contribution in [1.82, 2.24) is 19.9 Å². The highest BCUT2D eigenvalue weighted by Gasteiger charge is 2.27. The number of piperazine rings is 1. The van der Waals surface area contributed by atoms with E-state index in [0.29, 0.717) is 38.0 Å². The van der Waals surface area contributed by atoms with Crippen LogP contribution in [0, 0.1) is 17.0 Å². The van der Waals surface area contributed by atoms with Gasteiger partial charge < -0.3 is 20.5 Å². The van der Waals surface area contributed by atoms with Crippen LogP contribution in [0.1, 0.15) is 23.7 Å². The quantitative estimate of drug-likeness (QED) is 0.265. The van der Waals surface area contributed by atoms with Gasteiger partial charge in [-0.05, 0) is 53.9 Å². The number of anilines is 1. The molecule has 1 saturated heterocycles. The number of aliphatic imine (C=N–C) groups is 1. The summed E-state index contributed by atoms with van der Waals surface area (Å²) < 4.78 is 26.6. The molecule has 0 saturated carbocycles. The van der Waals surface area contributed by atoms with Crippen molar-refractivity contribution in [3.05, 3.63) is 102 Å². The first-order chi connectivity index (χ1) is 18.3. The van der Waals surface area contributed by atoms with Gasteiger partial charge in [-0.2, -0.15) is 0 Å². The van der Waals surface area contributed by atoms with Crippen LogP contribution >= 0.6 is 0 Å². The van der Waals surface area contributed by atoms with Crippen LogP contribution in [0.2, 0.25) is 0 Å². The van der Waals surface area contributed by atoms with Gasteiger partial charge in [0.15, 0.2) is 5.84 Å². The molecule has 1 aliphatic heterocycles. The molecule has 2 aromatic carbocycles. The third kappa shape index (κ3) is 5.16. The molecule has 5 rings (SSSR count). The minimum absolute atomic E-state index is 0.281. The van der Waals surface area contributed by atoms with E-state index in [1.54, 1.807) is 36.7 Å². The molecule has 194 valence electrons. The van der Waals surface area contributed by atoms with E-state index in [1.807, 2.05) is 19.2 Å². The molecule has 2 aromatic heterocycles. The van der Waals surface area contributed by atoms with Gasteiger partial charge in [0.1, 0.15) is 18.0 Å². The zero-order valence-electron chi connectivity index (χ0n) is 20.9. The molecule has 8 nitrogen and oxygen atoms in total. The Hall–Kier alpha value is -4.44. The van der Waals surface area contributed by atoms with Gasteiger partial charge in [-0.1, -0.05) is 24.3 Å². The van der Waals surface area contributed by atoms with E-state index in [0.717, 1.165) is 34.3 Å². The van der Waals surface area contributed by atoms with E-state index in [-0.39, 0.29) is 11.6 Å². The molecule has 0 unspecified atom stereocenters. The Labute approximate surface area is 219 Å². The Morgan fingerprint density at radius 3 is 2.16 bits per heavy atom. The lowest BCUT2D eigenvalue weighted by atomic mass is 9.87. The van der Waals surface area contributed by atoms with E-state index in [9.17, 15) is 8.78 Å². The van der Waals surface area contributed by atoms with Gasteiger partial charge in [0.05, 0.1) is 11.2 Å². The number of H-pyrrole nitrogens is 1. The second-order valence-corrected chi connectivity index (χ2v) is 9.35. The maximum absolute atomic E-state index is 13.3. The Kier molecular flexibility index (Phi) is 6.97. The van der Waals surface area contributed by atoms with E-state index in [2.05, 4.69) is 29.7 Å². The molecule has 1 fully saturated rings. The summed E-state index contributed by atoms with van der Waals surface area (Å²) in [4.78, 5) is 20.9. The average Bonchev–Trinajstić information content (AvgIpc) is 3.42. The van der Waals surface area contributed by atoms with Crippen LogP contribution in [0.4, 0.5) is 14.7 Å². The topological polar surface area (TPSA) is 110 Å². The zero-order valence-corrected chi connectivity index (χ0v) is 20.9. The Morgan fingerprint density at radius 1 is 0.947 bits per heavy atom. The molecular weight excluding hydrogens is 486 g/mol. The minimum Gasteiger partial charge on any atom is -0.358 e. The number of halogens is 2. The highest BCUT2D eigenvalue weighted by molar-refractivity contribution is 6.01. The summed E-state index contributed by atoms with van der Waals surface area (Å²) in [6.45, 7) is 4.50. The molecule has 10 heteroatoms. The summed E-state index contributed by atoms with van der Waals surface area (Å²) in [6.07, 6.45) is 6.32. The maximum Gasteiger partial charge on any atom is 0.225 e. The average molecular weight is 515 g/mol. The molecule has 0 radical (unpaired) electrons. The summed E-state index contributed by atoms with van der Waals surface area (Å²) >= 11 is 0. The van der Waals surface area contributed by atoms with Crippen LogP contribution in [0.25, 0.3) is 11.1 Å². The van der Waals surface area contributed by atoms with Crippen LogP contribution in [-0.4, -0.2) is 58.2 Å². The van der Waals surface area contributed by atoms with Gasteiger partial charge in [-0.3, -0.25) is 5.41 Å². The summed E-state index contributed by atoms with van der Waals surface area (Å²) in [7, 11) is 0. The van der Waals surface area contributed by atoms with E-state index < -0.39 is 5.54 Å². The van der Waals surface area contributed by atoms with Crippen LogP contribution in [0.15, 0.2) is 78.2 Å². The summed E-state index contributed by atoms with van der Waals surface area (Å²) in [5, 5.41) is 7.56. The zero-order chi connectivity index (χ0) is 26.7. The number of nitrogens with two attached hydrogens (primary N) is 1. The lowest BCUT2D eigenvalue weighted by Crippen LogP contribution is -2.49. The molecule has 0 amide bonds. The van der Waals surface area contributed by atoms with Crippen LogP contribution in [0.3, 0.4) is 0 Å². The predicted octanol–water partition coefficient (Wildman–Crippen LogP) is 4.15. The fraction of sp³-hybridized carbons (Fsp3) is 0.214. The van der Waals surface area contributed by atoms with Gasteiger partial charge in [-0.25, -0.2) is 23.7 Å². The van der Waals surface area contributed by atoms with Crippen molar-refractivity contribution in [2.45, 2.75) is 12.5 Å². The third-order valence-electron chi connectivity index (χ3n) is 6.83. The van der Waals surface area contributed by atoms with Crippen molar-refractivity contribution < 1.29 is 8.78 Å².